The molecule has 0 aromatic carbocycles. The summed E-state index contributed by atoms with van der Waals surface area (Å²) < 4.78 is 16.4. The van der Waals surface area contributed by atoms with E-state index in [0.29, 0.717) is 23.1 Å². The molecule has 1 heterocycles. The molecule has 1 N–H and O–H groups in total. The molecule has 0 aromatic heterocycles. The Morgan fingerprint density at radius 3 is 2.48 bits per heavy atom. The van der Waals surface area contributed by atoms with E-state index in [2.05, 4.69) is 6.58 Å². The fourth-order valence-electron chi connectivity index (χ4n) is 3.36. The van der Waals surface area contributed by atoms with Crippen molar-refractivity contribution in [1.29, 1.82) is 0 Å². The van der Waals surface area contributed by atoms with Gasteiger partial charge in [0.2, 0.25) is 0 Å². The van der Waals surface area contributed by atoms with Gasteiger partial charge < -0.3 is 19.3 Å². The number of hydrogen-bond acceptors (Lipinski definition) is 7. The van der Waals surface area contributed by atoms with E-state index < -0.39 is 48.2 Å². The van der Waals surface area contributed by atoms with Crippen molar-refractivity contribution in [1.82, 2.24) is 0 Å². The summed E-state index contributed by atoms with van der Waals surface area (Å²) in [7, 11) is 0. The van der Waals surface area contributed by atoms with Gasteiger partial charge in [0.15, 0.2) is 0 Å². The maximum atomic E-state index is 12.4. The summed E-state index contributed by atoms with van der Waals surface area (Å²) in [6, 6.07) is 0. The lowest BCUT2D eigenvalue weighted by Crippen LogP contribution is -2.43. The van der Waals surface area contributed by atoms with Gasteiger partial charge in [-0.1, -0.05) is 18.7 Å². The predicted molar refractivity (Wildman–Crippen MR) is 106 cm³/mol. The molecule has 0 radical (unpaired) electrons. The van der Waals surface area contributed by atoms with Crippen LogP contribution in [-0.4, -0.2) is 47.4 Å². The summed E-state index contributed by atoms with van der Waals surface area (Å²) in [6.07, 6.45) is 1.71. The van der Waals surface area contributed by atoms with Gasteiger partial charge in [-0.15, -0.1) is 0 Å². The second-order valence-electron chi connectivity index (χ2n) is 7.40. The first-order chi connectivity index (χ1) is 13.6. The number of ether oxygens (including phenoxy) is 3. The number of allylic oxidation sites excluding steroid dienone is 1. The van der Waals surface area contributed by atoms with Crippen LogP contribution in [0.25, 0.3) is 0 Å². The van der Waals surface area contributed by atoms with E-state index in [0.717, 1.165) is 0 Å². The third kappa shape index (κ3) is 5.03. The van der Waals surface area contributed by atoms with E-state index in [1.54, 1.807) is 45.9 Å². The molecule has 1 aliphatic carbocycles. The molecule has 5 unspecified atom stereocenters. The van der Waals surface area contributed by atoms with Crippen molar-refractivity contribution < 1.29 is 33.7 Å². The fraction of sp³-hybridized carbons (Fsp3) is 0.500. The first-order valence-electron chi connectivity index (χ1n) is 9.50. The van der Waals surface area contributed by atoms with Crippen LogP contribution in [0, 0.1) is 5.92 Å². The third-order valence-electron chi connectivity index (χ3n) is 5.29. The average Bonchev–Trinajstić information content (AvgIpc) is 2.93. The van der Waals surface area contributed by atoms with Gasteiger partial charge in [-0.3, -0.25) is 4.79 Å². The van der Waals surface area contributed by atoms with Gasteiger partial charge in [-0.2, -0.15) is 0 Å². The van der Waals surface area contributed by atoms with Crippen LogP contribution in [0.2, 0.25) is 0 Å². The molecule has 5 atom stereocenters. The molecule has 0 saturated carbocycles. The lowest BCUT2D eigenvalue weighted by molar-refractivity contribution is -0.153. The molecule has 7 heteroatoms. The lowest BCUT2D eigenvalue weighted by Gasteiger charge is -2.32. The normalized spacial score (nSPS) is 34.1. The molecule has 1 aliphatic heterocycles. The minimum atomic E-state index is -1.19. The monoisotopic (exact) mass is 404 g/mol. The Balaban J connectivity index is 2.52. The van der Waals surface area contributed by atoms with Crippen LogP contribution in [0.1, 0.15) is 41.0 Å². The van der Waals surface area contributed by atoms with Crippen LogP contribution in [0.15, 0.2) is 47.1 Å². The number of carbonyl (C=O) groups excluding carboxylic acids is 3. The summed E-state index contributed by atoms with van der Waals surface area (Å²) >= 11 is 0. The quantitative estimate of drug-likeness (QED) is 0.334. The predicted octanol–water partition coefficient (Wildman–Crippen LogP) is 2.55. The van der Waals surface area contributed by atoms with E-state index in [4.69, 9.17) is 14.2 Å². The van der Waals surface area contributed by atoms with Crippen LogP contribution < -0.4 is 0 Å². The van der Waals surface area contributed by atoms with Crippen LogP contribution >= 0.6 is 0 Å². The van der Waals surface area contributed by atoms with Crippen LogP contribution in [-0.2, 0) is 28.6 Å². The molecule has 1 saturated heterocycles. The Morgan fingerprint density at radius 2 is 1.90 bits per heavy atom. The summed E-state index contributed by atoms with van der Waals surface area (Å²) in [4.78, 5) is 36.1. The number of fused-ring (bicyclic) bond motifs is 1. The Morgan fingerprint density at radius 1 is 1.24 bits per heavy atom. The maximum Gasteiger partial charge on any atom is 0.334 e. The summed E-state index contributed by atoms with van der Waals surface area (Å²) in [6.45, 7) is 11.9. The number of hydrogen-bond donors (Lipinski definition) is 1. The highest BCUT2D eigenvalue weighted by molar-refractivity contribution is 5.92. The van der Waals surface area contributed by atoms with Crippen molar-refractivity contribution in [3.05, 3.63) is 47.1 Å². The Hall–Kier alpha value is -2.67. The molecule has 2 rings (SSSR count). The van der Waals surface area contributed by atoms with Crippen LogP contribution in [0.5, 0.6) is 0 Å². The highest BCUT2D eigenvalue weighted by Gasteiger charge is 2.47. The molecule has 0 spiro atoms. The molecule has 158 valence electrons. The van der Waals surface area contributed by atoms with E-state index >= 15 is 0 Å². The molecule has 29 heavy (non-hydrogen) atoms. The lowest BCUT2D eigenvalue weighted by atomic mass is 9.83. The summed E-state index contributed by atoms with van der Waals surface area (Å²) in [5.41, 5.74) is 1.71. The Bertz CT molecular complexity index is 802. The van der Waals surface area contributed by atoms with Crippen molar-refractivity contribution in [2.24, 2.45) is 5.92 Å². The molecule has 0 amide bonds. The van der Waals surface area contributed by atoms with Crippen LogP contribution in [0.3, 0.4) is 0 Å². The standard InChI is InChI=1S/C22H28O7/c1-7-11(2)21(25)29-20-18-14(5)22(26)28-17(18)10-13(4)16(27-15(6)23)9-8-12(3)19(20)24/h7-8,10,16-20,24H,5,9H2,1-4,6H3/b11-7+,12-8-,13-10-. The second kappa shape index (κ2) is 9.22. The minimum Gasteiger partial charge on any atom is -0.458 e. The topological polar surface area (TPSA) is 99.1 Å². The van der Waals surface area contributed by atoms with Crippen LogP contribution in [0.4, 0.5) is 0 Å². The number of aliphatic hydroxyl groups is 1. The van der Waals surface area contributed by atoms with E-state index in [-0.39, 0.29) is 5.57 Å². The van der Waals surface area contributed by atoms with Crippen molar-refractivity contribution in [3.63, 3.8) is 0 Å². The second-order valence-corrected chi connectivity index (χ2v) is 7.40. The molecule has 2 aliphatic rings. The maximum absolute atomic E-state index is 12.4. The molecular formula is C22H28O7. The van der Waals surface area contributed by atoms with Crippen molar-refractivity contribution >= 4 is 17.9 Å². The fourth-order valence-corrected chi connectivity index (χ4v) is 3.36. The largest absolute Gasteiger partial charge is 0.458 e. The van der Waals surface area contributed by atoms with Crippen molar-refractivity contribution in [2.45, 2.75) is 65.5 Å². The highest BCUT2D eigenvalue weighted by atomic mass is 16.6. The van der Waals surface area contributed by atoms with Gasteiger partial charge in [-0.25, -0.2) is 9.59 Å². The zero-order valence-electron chi connectivity index (χ0n) is 17.4. The van der Waals surface area contributed by atoms with Gasteiger partial charge in [0.1, 0.15) is 24.4 Å². The van der Waals surface area contributed by atoms with Crippen molar-refractivity contribution in [3.8, 4) is 0 Å². The summed E-state index contributed by atoms with van der Waals surface area (Å²) in [5.74, 6) is -2.43. The smallest absolute Gasteiger partial charge is 0.334 e. The highest BCUT2D eigenvalue weighted by Crippen LogP contribution is 2.37. The van der Waals surface area contributed by atoms with Gasteiger partial charge in [0, 0.05) is 24.5 Å². The van der Waals surface area contributed by atoms with E-state index in [9.17, 15) is 19.5 Å². The van der Waals surface area contributed by atoms with Gasteiger partial charge in [-0.05, 0) is 44.9 Å². The molecule has 7 nitrogen and oxygen atoms in total. The molecule has 0 aromatic rings. The van der Waals surface area contributed by atoms with Crippen molar-refractivity contribution in [2.75, 3.05) is 0 Å². The number of esters is 3. The number of carbonyl (C=O) groups is 3. The Kier molecular flexibility index (Phi) is 7.19. The Labute approximate surface area is 170 Å². The van der Waals surface area contributed by atoms with E-state index in [1.165, 1.54) is 6.92 Å². The molecular weight excluding hydrogens is 376 g/mol. The first-order valence-corrected chi connectivity index (χ1v) is 9.50. The zero-order chi connectivity index (χ0) is 21.9. The minimum absolute atomic E-state index is 0.117. The van der Waals surface area contributed by atoms with E-state index in [1.807, 2.05) is 0 Å². The average molecular weight is 404 g/mol. The molecule has 0 bridgehead atoms. The van der Waals surface area contributed by atoms with Gasteiger partial charge >= 0.3 is 17.9 Å². The third-order valence-corrected chi connectivity index (χ3v) is 5.29. The number of rotatable bonds is 3. The summed E-state index contributed by atoms with van der Waals surface area (Å²) in [5, 5.41) is 10.9. The van der Waals surface area contributed by atoms with Gasteiger partial charge in [0.05, 0.1) is 5.92 Å². The molecule has 1 fully saturated rings. The number of aliphatic hydroxyl groups excluding tert-OH is 1. The first kappa shape index (κ1) is 22.6. The zero-order valence-corrected chi connectivity index (χ0v) is 17.4. The SMILES string of the molecule is C=C1C(=O)OC2/C=C(/C)C(OC(C)=O)C/C=C(/C)C(O)C(OC(=O)/C(C)=C/C)C12. The van der Waals surface area contributed by atoms with Gasteiger partial charge in [0.25, 0.3) is 0 Å².